The minimum Gasteiger partial charge on any atom is -0.464 e. The van der Waals surface area contributed by atoms with Gasteiger partial charge in [0.1, 0.15) is 22.8 Å². The summed E-state index contributed by atoms with van der Waals surface area (Å²) in [5.74, 6) is 0.173. The number of alkyl halides is 3. The highest BCUT2D eigenvalue weighted by atomic mass is 19.4. The van der Waals surface area contributed by atoms with Gasteiger partial charge in [-0.3, -0.25) is 24.3 Å². The molecular formula is C23H24F3N3O5. The van der Waals surface area contributed by atoms with Gasteiger partial charge >= 0.3 is 6.36 Å². The number of piperazine rings is 1. The molecule has 182 valence electrons. The Bertz CT molecular complexity index is 1110. The predicted molar refractivity (Wildman–Crippen MR) is 111 cm³/mol. The topological polar surface area (TPSA) is 86.5 Å². The van der Waals surface area contributed by atoms with Crippen LogP contribution in [0, 0.1) is 6.92 Å². The van der Waals surface area contributed by atoms with E-state index >= 15 is 0 Å². The number of carbonyl (C=O) groups is 2. The van der Waals surface area contributed by atoms with Gasteiger partial charge in [0.25, 0.3) is 5.91 Å². The van der Waals surface area contributed by atoms with E-state index in [1.165, 1.54) is 23.1 Å². The average Bonchev–Trinajstić information content (AvgIpc) is 3.31. The van der Waals surface area contributed by atoms with Gasteiger partial charge in [-0.25, -0.2) is 0 Å². The quantitative estimate of drug-likeness (QED) is 0.657. The van der Waals surface area contributed by atoms with Crippen LogP contribution >= 0.6 is 0 Å². The number of nitrogens with zero attached hydrogens (tertiary/aromatic N) is 3. The third kappa shape index (κ3) is 4.08. The van der Waals surface area contributed by atoms with E-state index in [4.69, 9.17) is 4.42 Å². The summed E-state index contributed by atoms with van der Waals surface area (Å²) in [5, 5.41) is 10.3. The van der Waals surface area contributed by atoms with Crippen LogP contribution in [0.25, 0.3) is 0 Å². The highest BCUT2D eigenvalue weighted by Crippen LogP contribution is 2.41. The van der Waals surface area contributed by atoms with Gasteiger partial charge in [0.05, 0.1) is 18.7 Å². The van der Waals surface area contributed by atoms with E-state index in [2.05, 4.69) is 4.74 Å². The number of amides is 2. The molecule has 1 spiro atoms. The van der Waals surface area contributed by atoms with Crippen LogP contribution in [0.2, 0.25) is 0 Å². The molecule has 0 radical (unpaired) electrons. The maximum atomic E-state index is 13.6. The number of fused-ring (bicyclic) bond motifs is 2. The molecule has 0 unspecified atom stereocenters. The fourth-order valence-corrected chi connectivity index (χ4v) is 5.27. The van der Waals surface area contributed by atoms with Gasteiger partial charge in [0.2, 0.25) is 5.91 Å². The lowest BCUT2D eigenvalue weighted by molar-refractivity contribution is -0.274. The number of halogens is 3. The number of aliphatic hydroxyl groups is 1. The van der Waals surface area contributed by atoms with Gasteiger partial charge in [-0.2, -0.15) is 0 Å². The molecule has 0 bridgehead atoms. The van der Waals surface area contributed by atoms with E-state index in [0.717, 1.165) is 0 Å². The van der Waals surface area contributed by atoms with Gasteiger partial charge in [0.15, 0.2) is 0 Å². The van der Waals surface area contributed by atoms with E-state index < -0.39 is 24.0 Å². The van der Waals surface area contributed by atoms with E-state index in [9.17, 15) is 27.9 Å². The van der Waals surface area contributed by atoms with Crippen LogP contribution in [-0.4, -0.2) is 75.3 Å². The average molecular weight is 479 g/mol. The van der Waals surface area contributed by atoms with Gasteiger partial charge in [-0.15, -0.1) is 13.2 Å². The molecule has 3 fully saturated rings. The van der Waals surface area contributed by atoms with Gasteiger partial charge < -0.3 is 14.3 Å². The second kappa shape index (κ2) is 8.10. The predicted octanol–water partition coefficient (Wildman–Crippen LogP) is 2.05. The summed E-state index contributed by atoms with van der Waals surface area (Å²) in [7, 11) is 0. The van der Waals surface area contributed by atoms with Crippen molar-refractivity contribution in [2.75, 3.05) is 19.6 Å². The Hall–Kier alpha value is -2.89. The standard InChI is InChI=1S/C23H24F3N3O5/c1-14-5-6-18(33-14)11-28-20(31)19-8-16(30)10-29(19)22(21(28)32)12-27(13-22)9-15-3-2-4-17(7-15)34-23(24,25)26/h2-7,16,19,30H,8-13H2,1H3/t16-,19+/m1/s1. The number of furan rings is 1. The molecule has 0 saturated carbocycles. The number of hydrogen-bond acceptors (Lipinski definition) is 7. The molecule has 2 amide bonds. The summed E-state index contributed by atoms with van der Waals surface area (Å²) < 4.78 is 47.2. The van der Waals surface area contributed by atoms with E-state index in [1.807, 2.05) is 4.90 Å². The molecule has 0 aliphatic carbocycles. The third-order valence-corrected chi connectivity index (χ3v) is 6.64. The minimum atomic E-state index is -4.78. The lowest BCUT2D eigenvalue weighted by Gasteiger charge is -2.58. The van der Waals surface area contributed by atoms with Crippen LogP contribution < -0.4 is 4.74 Å². The van der Waals surface area contributed by atoms with Crippen molar-refractivity contribution in [3.05, 3.63) is 53.5 Å². The summed E-state index contributed by atoms with van der Waals surface area (Å²) >= 11 is 0. The van der Waals surface area contributed by atoms with E-state index in [1.54, 1.807) is 30.0 Å². The first-order valence-corrected chi connectivity index (χ1v) is 11.0. The first-order valence-electron chi connectivity index (χ1n) is 11.0. The smallest absolute Gasteiger partial charge is 0.464 e. The molecule has 5 rings (SSSR count). The van der Waals surface area contributed by atoms with E-state index in [-0.39, 0.29) is 37.1 Å². The fraction of sp³-hybridized carbons (Fsp3) is 0.478. The molecule has 1 aromatic carbocycles. The largest absolute Gasteiger partial charge is 0.573 e. The number of benzene rings is 1. The Morgan fingerprint density at radius 2 is 1.94 bits per heavy atom. The van der Waals surface area contributed by atoms with Crippen LogP contribution in [0.1, 0.15) is 23.5 Å². The molecule has 1 N–H and O–H groups in total. The second-order valence-corrected chi connectivity index (χ2v) is 9.17. The van der Waals surface area contributed by atoms with Crippen molar-refractivity contribution in [2.24, 2.45) is 0 Å². The highest BCUT2D eigenvalue weighted by molar-refractivity contribution is 6.06. The number of β-amino-alcohol motifs (C(OH)–C–C–N with tert-alkyl or cyclic N) is 1. The molecular weight excluding hydrogens is 455 g/mol. The minimum absolute atomic E-state index is 0.0184. The molecule has 3 aliphatic heterocycles. The van der Waals surface area contributed by atoms with Crippen LogP contribution in [0.4, 0.5) is 13.2 Å². The molecule has 34 heavy (non-hydrogen) atoms. The van der Waals surface area contributed by atoms with Crippen LogP contribution in [0.15, 0.2) is 40.8 Å². The number of rotatable bonds is 5. The van der Waals surface area contributed by atoms with Crippen molar-refractivity contribution in [1.29, 1.82) is 0 Å². The molecule has 1 aromatic heterocycles. The molecule has 2 aromatic rings. The zero-order chi connectivity index (χ0) is 24.3. The SMILES string of the molecule is Cc1ccc(CN2C(=O)[C@@H]3C[C@@H](O)CN3C3(CN(Cc4cccc(OC(F)(F)F)c4)C3)C2=O)o1. The molecule has 4 heterocycles. The van der Waals surface area contributed by atoms with Crippen molar-refractivity contribution in [3.8, 4) is 5.75 Å². The summed E-state index contributed by atoms with van der Waals surface area (Å²) in [6, 6.07) is 8.60. The fourth-order valence-electron chi connectivity index (χ4n) is 5.27. The lowest BCUT2D eigenvalue weighted by Crippen LogP contribution is -2.81. The Labute approximate surface area is 193 Å². The molecule has 3 aliphatic rings. The zero-order valence-electron chi connectivity index (χ0n) is 18.4. The van der Waals surface area contributed by atoms with Crippen molar-refractivity contribution in [1.82, 2.24) is 14.7 Å². The molecule has 2 atom stereocenters. The Kier molecular flexibility index (Phi) is 5.45. The Morgan fingerprint density at radius 1 is 1.18 bits per heavy atom. The Balaban J connectivity index is 1.34. The van der Waals surface area contributed by atoms with Crippen LogP contribution in [0.5, 0.6) is 5.75 Å². The first-order chi connectivity index (χ1) is 16.0. The normalized spacial score (nSPS) is 25.0. The monoisotopic (exact) mass is 479 g/mol. The highest BCUT2D eigenvalue weighted by Gasteiger charge is 2.64. The number of carbonyl (C=O) groups excluding carboxylic acids is 2. The zero-order valence-corrected chi connectivity index (χ0v) is 18.4. The molecule has 8 nitrogen and oxygen atoms in total. The van der Waals surface area contributed by atoms with Crippen molar-refractivity contribution < 1.29 is 37.0 Å². The Morgan fingerprint density at radius 3 is 2.62 bits per heavy atom. The number of hydrogen-bond donors (Lipinski definition) is 1. The maximum Gasteiger partial charge on any atom is 0.573 e. The molecule has 3 saturated heterocycles. The van der Waals surface area contributed by atoms with Crippen LogP contribution in [0.3, 0.4) is 0 Å². The third-order valence-electron chi connectivity index (χ3n) is 6.64. The number of likely N-dealkylation sites (tertiary alicyclic amines) is 1. The molecule has 11 heteroatoms. The maximum absolute atomic E-state index is 13.6. The number of aryl methyl sites for hydroxylation is 1. The van der Waals surface area contributed by atoms with Crippen molar-refractivity contribution in [2.45, 2.75) is 50.5 Å². The van der Waals surface area contributed by atoms with Gasteiger partial charge in [-0.05, 0) is 43.2 Å². The number of ether oxygens (including phenoxy) is 1. The summed E-state index contributed by atoms with van der Waals surface area (Å²) in [5.41, 5.74) is -0.366. The van der Waals surface area contributed by atoms with Crippen molar-refractivity contribution >= 4 is 11.8 Å². The summed E-state index contributed by atoms with van der Waals surface area (Å²) in [6.45, 7) is 2.92. The summed E-state index contributed by atoms with van der Waals surface area (Å²) in [6.07, 6.45) is -5.24. The number of aliphatic hydroxyl groups excluding tert-OH is 1. The van der Waals surface area contributed by atoms with Crippen LogP contribution in [-0.2, 0) is 22.7 Å². The first kappa shape index (κ1) is 22.9. The lowest BCUT2D eigenvalue weighted by atomic mass is 9.82. The van der Waals surface area contributed by atoms with E-state index in [0.29, 0.717) is 36.7 Å². The number of imide groups is 1. The summed E-state index contributed by atoms with van der Waals surface area (Å²) in [4.78, 5) is 31.6. The van der Waals surface area contributed by atoms with Gasteiger partial charge in [-0.1, -0.05) is 12.1 Å². The van der Waals surface area contributed by atoms with Gasteiger partial charge in [0, 0.05) is 26.2 Å². The van der Waals surface area contributed by atoms with Crippen molar-refractivity contribution in [3.63, 3.8) is 0 Å². The second-order valence-electron chi connectivity index (χ2n) is 9.17.